The minimum atomic E-state index is -0.736. The van der Waals surface area contributed by atoms with E-state index in [0.29, 0.717) is 11.3 Å². The summed E-state index contributed by atoms with van der Waals surface area (Å²) in [5, 5.41) is 4.58. The van der Waals surface area contributed by atoms with Crippen LogP contribution in [0, 0.1) is 0 Å². The van der Waals surface area contributed by atoms with E-state index in [2.05, 4.69) is 29.4 Å². The van der Waals surface area contributed by atoms with E-state index in [1.54, 1.807) is 7.11 Å². The first-order valence-electron chi connectivity index (χ1n) is 10.2. The molecule has 1 aliphatic carbocycles. The summed E-state index contributed by atoms with van der Waals surface area (Å²) < 4.78 is 14.3. The monoisotopic (exact) mass is 397 g/mol. The number of ether oxygens (including phenoxy) is 2. The molecule has 1 fully saturated rings. The smallest absolute Gasteiger partial charge is 0.402 e. The van der Waals surface area contributed by atoms with Crippen molar-refractivity contribution in [3.05, 3.63) is 100 Å². The molecule has 2 heterocycles. The Morgan fingerprint density at radius 3 is 2.17 bits per heavy atom. The van der Waals surface area contributed by atoms with Crippen LogP contribution in [-0.2, 0) is 11.1 Å². The summed E-state index contributed by atoms with van der Waals surface area (Å²) in [5.74, 6) is 1.51. The first-order chi connectivity index (χ1) is 14.7. The number of nitrogens with zero attached hydrogens (tertiary/aromatic N) is 1. The zero-order chi connectivity index (χ0) is 20.3. The number of aromatic amines is 1. The molecular weight excluding hydrogens is 376 g/mol. The van der Waals surface area contributed by atoms with Gasteiger partial charge in [0.15, 0.2) is 0 Å². The van der Waals surface area contributed by atoms with Gasteiger partial charge >= 0.3 is 11.4 Å². The zero-order valence-electron chi connectivity index (χ0n) is 16.6. The number of aromatic nitrogens is 2. The molecule has 1 aliphatic heterocycles. The lowest BCUT2D eigenvalue weighted by Crippen LogP contribution is -2.57. The number of hydrogen-bond donors (Lipinski definition) is 1. The second kappa shape index (κ2) is 5.95. The predicted molar refractivity (Wildman–Crippen MR) is 113 cm³/mol. The van der Waals surface area contributed by atoms with E-state index in [4.69, 9.17) is 9.47 Å². The molecule has 0 bridgehead atoms. The van der Waals surface area contributed by atoms with Gasteiger partial charge in [0.2, 0.25) is 11.1 Å². The van der Waals surface area contributed by atoms with Crippen molar-refractivity contribution in [3.63, 3.8) is 0 Å². The first kappa shape index (κ1) is 17.3. The normalized spacial score (nSPS) is 20.7. The van der Waals surface area contributed by atoms with Gasteiger partial charge in [-0.2, -0.15) is 0 Å². The van der Waals surface area contributed by atoms with Gasteiger partial charge in [0.05, 0.1) is 12.5 Å². The molecule has 1 spiro atoms. The van der Waals surface area contributed by atoms with Crippen LogP contribution in [0.5, 0.6) is 11.6 Å². The van der Waals surface area contributed by atoms with E-state index >= 15 is 0 Å². The third kappa shape index (κ3) is 2.07. The molecular formula is C25H21N2O3+. The van der Waals surface area contributed by atoms with Gasteiger partial charge in [-0.05, 0) is 24.3 Å². The molecule has 1 saturated carbocycles. The van der Waals surface area contributed by atoms with E-state index in [-0.39, 0.29) is 11.1 Å². The molecule has 1 unspecified atom stereocenters. The molecule has 6 rings (SSSR count). The summed E-state index contributed by atoms with van der Waals surface area (Å²) in [7, 11) is 1.67. The number of hydrogen-bond acceptors (Lipinski definition) is 3. The number of fused-ring (bicyclic) bond motifs is 4. The molecule has 1 N–H and O–H groups in total. The van der Waals surface area contributed by atoms with Gasteiger partial charge in [0.25, 0.3) is 0 Å². The summed E-state index contributed by atoms with van der Waals surface area (Å²) >= 11 is 0. The molecule has 30 heavy (non-hydrogen) atoms. The molecule has 148 valence electrons. The summed E-state index contributed by atoms with van der Waals surface area (Å²) in [6, 6.07) is 26.0. The van der Waals surface area contributed by atoms with Crippen LogP contribution in [0.3, 0.4) is 0 Å². The number of benzene rings is 3. The summed E-state index contributed by atoms with van der Waals surface area (Å²) in [6.45, 7) is 0. The molecule has 2 aliphatic rings. The van der Waals surface area contributed by atoms with E-state index in [9.17, 15) is 4.79 Å². The molecule has 0 saturated heterocycles. The average Bonchev–Trinajstić information content (AvgIpc) is 3.56. The molecule has 0 radical (unpaired) electrons. The Kier molecular flexibility index (Phi) is 3.43. The SMILES string of the molecule is COc1ccc(C2(c3ccccc3)Oc3c4ccccc4c(=O)[nH][n+]3C23CC3)cc1. The lowest BCUT2D eigenvalue weighted by atomic mass is 9.78. The third-order valence-corrected chi connectivity index (χ3v) is 6.55. The average molecular weight is 397 g/mol. The van der Waals surface area contributed by atoms with E-state index in [0.717, 1.165) is 35.1 Å². The fraction of sp³-hybridized carbons (Fsp3) is 0.200. The second-order valence-corrected chi connectivity index (χ2v) is 8.04. The number of methoxy groups -OCH3 is 1. The fourth-order valence-corrected chi connectivity index (χ4v) is 5.01. The van der Waals surface area contributed by atoms with Crippen LogP contribution >= 0.6 is 0 Å². The topological polar surface area (TPSA) is 55.2 Å². The Bertz CT molecular complexity index is 1320. The zero-order valence-corrected chi connectivity index (χ0v) is 16.6. The van der Waals surface area contributed by atoms with Crippen LogP contribution in [0.4, 0.5) is 0 Å². The maximum atomic E-state index is 12.9. The van der Waals surface area contributed by atoms with Gasteiger partial charge in [0, 0.05) is 24.0 Å². The molecule has 0 amide bonds. The van der Waals surface area contributed by atoms with Gasteiger partial charge in [-0.1, -0.05) is 59.3 Å². The van der Waals surface area contributed by atoms with Crippen molar-refractivity contribution in [1.82, 2.24) is 5.10 Å². The van der Waals surface area contributed by atoms with Crippen LogP contribution in [0.25, 0.3) is 10.8 Å². The van der Waals surface area contributed by atoms with Gasteiger partial charge in [0.1, 0.15) is 11.1 Å². The standard InChI is InChI=1S/C25H20N2O3/c1-29-19-13-11-18(12-14-19)25(17-7-3-2-4-8-17)24(15-16-24)27-23(30-25)21-10-6-5-9-20(21)22(28)26-27/h2-14H,15-16H2,1H3/p+1. The number of H-pyrrole nitrogens is 1. The Morgan fingerprint density at radius 2 is 1.50 bits per heavy atom. The quantitative estimate of drug-likeness (QED) is 0.537. The fourth-order valence-electron chi connectivity index (χ4n) is 5.01. The Labute approximate surface area is 173 Å². The highest BCUT2D eigenvalue weighted by Gasteiger charge is 2.77. The van der Waals surface area contributed by atoms with Crippen molar-refractivity contribution in [2.75, 3.05) is 7.11 Å². The van der Waals surface area contributed by atoms with Gasteiger partial charge in [-0.15, -0.1) is 5.10 Å². The van der Waals surface area contributed by atoms with Crippen molar-refractivity contribution >= 4 is 10.8 Å². The third-order valence-electron chi connectivity index (χ3n) is 6.55. The van der Waals surface area contributed by atoms with E-state index in [1.165, 1.54) is 0 Å². The molecule has 5 heteroatoms. The van der Waals surface area contributed by atoms with Gasteiger partial charge in [-0.3, -0.25) is 4.79 Å². The van der Waals surface area contributed by atoms with Crippen molar-refractivity contribution in [3.8, 4) is 11.6 Å². The minimum absolute atomic E-state index is 0.0946. The largest absolute Gasteiger partial charge is 0.497 e. The summed E-state index contributed by atoms with van der Waals surface area (Å²) in [5.41, 5.74) is 0.909. The van der Waals surface area contributed by atoms with Gasteiger partial charge < -0.3 is 9.47 Å². The van der Waals surface area contributed by atoms with Crippen molar-refractivity contribution in [1.29, 1.82) is 0 Å². The molecule has 5 nitrogen and oxygen atoms in total. The highest BCUT2D eigenvalue weighted by molar-refractivity contribution is 5.85. The lowest BCUT2D eigenvalue weighted by Gasteiger charge is -2.30. The highest BCUT2D eigenvalue weighted by Crippen LogP contribution is 2.61. The van der Waals surface area contributed by atoms with Crippen molar-refractivity contribution in [2.24, 2.45) is 0 Å². The molecule has 1 aromatic heterocycles. The highest BCUT2D eigenvalue weighted by atomic mass is 16.5. The number of rotatable bonds is 3. The Balaban J connectivity index is 1.68. The Morgan fingerprint density at radius 1 is 0.867 bits per heavy atom. The van der Waals surface area contributed by atoms with Crippen LogP contribution < -0.4 is 19.7 Å². The van der Waals surface area contributed by atoms with Crippen molar-refractivity contribution in [2.45, 2.75) is 24.0 Å². The number of nitrogens with one attached hydrogen (secondary N) is 1. The predicted octanol–water partition coefficient (Wildman–Crippen LogP) is 3.65. The van der Waals surface area contributed by atoms with E-state index < -0.39 is 5.60 Å². The molecule has 3 aromatic carbocycles. The first-order valence-corrected chi connectivity index (χ1v) is 10.2. The summed E-state index contributed by atoms with van der Waals surface area (Å²) in [6.07, 6.45) is 1.83. The Hall–Kier alpha value is -3.60. The second-order valence-electron chi connectivity index (χ2n) is 8.04. The maximum absolute atomic E-state index is 12.9. The summed E-state index contributed by atoms with van der Waals surface area (Å²) in [4.78, 5) is 12.9. The van der Waals surface area contributed by atoms with Crippen molar-refractivity contribution < 1.29 is 14.2 Å². The molecule has 4 aromatic rings. The van der Waals surface area contributed by atoms with Gasteiger partial charge in [-0.25, -0.2) is 0 Å². The van der Waals surface area contributed by atoms with E-state index in [1.807, 2.05) is 59.3 Å². The molecule has 1 atom stereocenters. The van der Waals surface area contributed by atoms with Crippen LogP contribution in [0.15, 0.2) is 83.7 Å². The van der Waals surface area contributed by atoms with Crippen LogP contribution in [0.2, 0.25) is 0 Å². The minimum Gasteiger partial charge on any atom is -0.497 e. The maximum Gasteiger partial charge on any atom is 0.402 e. The van der Waals surface area contributed by atoms with Crippen LogP contribution in [-0.4, -0.2) is 12.2 Å². The van der Waals surface area contributed by atoms with Crippen LogP contribution in [0.1, 0.15) is 24.0 Å². The lowest BCUT2D eigenvalue weighted by molar-refractivity contribution is -0.781.